The Bertz CT molecular complexity index is 981. The van der Waals surface area contributed by atoms with Crippen LogP contribution in [0.3, 0.4) is 0 Å². The molecule has 0 aliphatic carbocycles. The summed E-state index contributed by atoms with van der Waals surface area (Å²) in [5, 5.41) is 32.2. The van der Waals surface area contributed by atoms with Gasteiger partial charge in [0.15, 0.2) is 0 Å². The summed E-state index contributed by atoms with van der Waals surface area (Å²) >= 11 is 6.46. The molecule has 0 aromatic heterocycles. The van der Waals surface area contributed by atoms with E-state index in [9.17, 15) is 20.1 Å². The van der Waals surface area contributed by atoms with Gasteiger partial charge >= 0.3 is 5.97 Å². The van der Waals surface area contributed by atoms with Gasteiger partial charge in [-0.1, -0.05) is 68.5 Å². The van der Waals surface area contributed by atoms with E-state index >= 15 is 0 Å². The van der Waals surface area contributed by atoms with Gasteiger partial charge < -0.3 is 29.5 Å². The third-order valence-corrected chi connectivity index (χ3v) is 7.00. The first kappa shape index (κ1) is 29.4. The Morgan fingerprint density at radius 2 is 1.68 bits per heavy atom. The SMILES string of the molecule is CCCCCCCC(=O)OC[C@H]1O[C@@H](c2ccc(Cl)c(Cc3ccc(OCC)cc3)c2)[C@H](O)[C@@H](O)[C@@H]1O. The molecule has 204 valence electrons. The number of ether oxygens (including phenoxy) is 3. The minimum Gasteiger partial charge on any atom is -0.494 e. The van der Waals surface area contributed by atoms with Gasteiger partial charge in [0.2, 0.25) is 0 Å². The number of carbonyl (C=O) groups excluding carboxylic acids is 1. The van der Waals surface area contributed by atoms with E-state index in [4.69, 9.17) is 25.8 Å². The lowest BCUT2D eigenvalue weighted by atomic mass is 9.90. The van der Waals surface area contributed by atoms with Crippen LogP contribution in [0.15, 0.2) is 42.5 Å². The first-order valence-corrected chi connectivity index (χ1v) is 13.6. The molecule has 1 saturated heterocycles. The van der Waals surface area contributed by atoms with Crippen molar-refractivity contribution in [3.05, 3.63) is 64.2 Å². The minimum absolute atomic E-state index is 0.206. The van der Waals surface area contributed by atoms with Crippen LogP contribution in [-0.4, -0.2) is 58.9 Å². The van der Waals surface area contributed by atoms with Crippen LogP contribution in [0, 0.1) is 0 Å². The van der Waals surface area contributed by atoms with Crippen molar-refractivity contribution in [1.29, 1.82) is 0 Å². The maximum atomic E-state index is 12.1. The summed E-state index contributed by atoms with van der Waals surface area (Å²) in [5.74, 6) is 0.425. The molecule has 0 bridgehead atoms. The molecule has 3 N–H and O–H groups in total. The van der Waals surface area contributed by atoms with Crippen LogP contribution >= 0.6 is 11.6 Å². The van der Waals surface area contributed by atoms with Gasteiger partial charge in [-0.15, -0.1) is 0 Å². The van der Waals surface area contributed by atoms with Gasteiger partial charge in [-0.25, -0.2) is 0 Å². The first-order valence-electron chi connectivity index (χ1n) is 13.2. The van der Waals surface area contributed by atoms with Crippen molar-refractivity contribution in [2.45, 2.75) is 89.3 Å². The molecule has 5 atom stereocenters. The molecule has 0 spiro atoms. The van der Waals surface area contributed by atoms with Crippen LogP contribution in [0.25, 0.3) is 0 Å². The predicted octanol–water partition coefficient (Wildman–Crippen LogP) is 4.76. The third kappa shape index (κ3) is 8.42. The fourth-order valence-corrected chi connectivity index (χ4v) is 4.67. The third-order valence-electron chi connectivity index (χ3n) is 6.63. The van der Waals surface area contributed by atoms with E-state index in [2.05, 4.69) is 6.92 Å². The number of halogens is 1. The zero-order valence-corrected chi connectivity index (χ0v) is 22.4. The number of esters is 1. The van der Waals surface area contributed by atoms with E-state index in [1.54, 1.807) is 12.1 Å². The maximum Gasteiger partial charge on any atom is 0.305 e. The zero-order valence-electron chi connectivity index (χ0n) is 21.6. The smallest absolute Gasteiger partial charge is 0.305 e. The largest absolute Gasteiger partial charge is 0.494 e. The standard InChI is InChI=1S/C29H39ClO7/c1-3-5-6-7-8-9-25(31)36-18-24-26(32)27(33)28(34)29(37-24)20-12-15-23(30)21(17-20)16-19-10-13-22(14-11-19)35-4-2/h10-15,17,24,26-29,32-34H,3-9,16,18H2,1-2H3/t24-,26-,27+,28-,29+/m1/s1. The molecule has 1 heterocycles. The average Bonchev–Trinajstić information content (AvgIpc) is 2.89. The summed E-state index contributed by atoms with van der Waals surface area (Å²) < 4.78 is 16.8. The van der Waals surface area contributed by atoms with Gasteiger partial charge in [0.05, 0.1) is 6.61 Å². The van der Waals surface area contributed by atoms with Crippen LogP contribution in [0.1, 0.15) is 75.2 Å². The lowest BCUT2D eigenvalue weighted by Crippen LogP contribution is -2.55. The predicted molar refractivity (Wildman–Crippen MR) is 142 cm³/mol. The fraction of sp³-hybridized carbons (Fsp3) is 0.552. The van der Waals surface area contributed by atoms with Crippen LogP contribution in [-0.2, 0) is 20.7 Å². The van der Waals surface area contributed by atoms with Gasteiger partial charge in [-0.3, -0.25) is 4.79 Å². The fourth-order valence-electron chi connectivity index (χ4n) is 4.48. The molecule has 2 aromatic carbocycles. The van der Waals surface area contributed by atoms with E-state index < -0.39 is 30.5 Å². The minimum atomic E-state index is -1.46. The van der Waals surface area contributed by atoms with Crippen LogP contribution < -0.4 is 4.74 Å². The number of unbranched alkanes of at least 4 members (excludes halogenated alkanes) is 4. The molecular formula is C29H39ClO7. The lowest BCUT2D eigenvalue weighted by molar-refractivity contribution is -0.234. The van der Waals surface area contributed by atoms with Crippen molar-refractivity contribution in [2.24, 2.45) is 0 Å². The number of aliphatic hydroxyl groups excluding tert-OH is 3. The summed E-state index contributed by atoms with van der Waals surface area (Å²) in [6.07, 6.45) is -0.182. The quantitative estimate of drug-likeness (QED) is 0.251. The second kappa shape index (κ2) is 14.7. The summed E-state index contributed by atoms with van der Waals surface area (Å²) in [6, 6.07) is 13.0. The van der Waals surface area contributed by atoms with Crippen molar-refractivity contribution in [1.82, 2.24) is 0 Å². The second-order valence-electron chi connectivity index (χ2n) is 9.52. The number of hydrogen-bond acceptors (Lipinski definition) is 7. The highest BCUT2D eigenvalue weighted by Crippen LogP contribution is 2.35. The molecule has 1 fully saturated rings. The van der Waals surface area contributed by atoms with Crippen molar-refractivity contribution in [2.75, 3.05) is 13.2 Å². The summed E-state index contributed by atoms with van der Waals surface area (Å²) in [4.78, 5) is 12.1. The summed E-state index contributed by atoms with van der Waals surface area (Å²) in [6.45, 7) is 4.45. The van der Waals surface area contributed by atoms with Crippen molar-refractivity contribution in [3.63, 3.8) is 0 Å². The van der Waals surface area contributed by atoms with Crippen molar-refractivity contribution >= 4 is 17.6 Å². The van der Waals surface area contributed by atoms with Gasteiger partial charge in [0, 0.05) is 11.4 Å². The van der Waals surface area contributed by atoms with Crippen molar-refractivity contribution < 1.29 is 34.3 Å². The van der Waals surface area contributed by atoms with Crippen LogP contribution in [0.4, 0.5) is 0 Å². The lowest BCUT2D eigenvalue weighted by Gasteiger charge is -2.40. The molecule has 2 aromatic rings. The molecule has 0 unspecified atom stereocenters. The molecule has 37 heavy (non-hydrogen) atoms. The van der Waals surface area contributed by atoms with Crippen LogP contribution in [0.5, 0.6) is 5.75 Å². The molecular weight excluding hydrogens is 496 g/mol. The number of aliphatic hydroxyl groups is 3. The Balaban J connectivity index is 1.65. The Kier molecular flexibility index (Phi) is 11.7. The number of carbonyl (C=O) groups is 1. The van der Waals surface area contributed by atoms with E-state index in [0.717, 1.165) is 49.0 Å². The number of benzene rings is 2. The zero-order chi connectivity index (χ0) is 26.8. The Hall–Kier alpha value is -2.16. The highest BCUT2D eigenvalue weighted by Gasteiger charge is 2.44. The van der Waals surface area contributed by atoms with Gasteiger partial charge in [0.25, 0.3) is 0 Å². The molecule has 0 saturated carbocycles. The molecule has 1 aliphatic rings. The molecule has 3 rings (SSSR count). The topological polar surface area (TPSA) is 105 Å². The molecule has 0 radical (unpaired) electrons. The van der Waals surface area contributed by atoms with Gasteiger partial charge in [-0.2, -0.15) is 0 Å². The first-order chi connectivity index (χ1) is 17.8. The van der Waals surface area contributed by atoms with Crippen LogP contribution in [0.2, 0.25) is 5.02 Å². The number of rotatable bonds is 13. The summed E-state index contributed by atoms with van der Waals surface area (Å²) in [5.41, 5.74) is 2.46. The molecule has 8 heteroatoms. The molecule has 0 amide bonds. The Morgan fingerprint density at radius 1 is 0.946 bits per heavy atom. The normalized spacial score (nSPS) is 23.6. The Morgan fingerprint density at radius 3 is 2.38 bits per heavy atom. The highest BCUT2D eigenvalue weighted by molar-refractivity contribution is 6.31. The van der Waals surface area contributed by atoms with Gasteiger partial charge in [0.1, 0.15) is 42.9 Å². The number of hydrogen-bond donors (Lipinski definition) is 3. The highest BCUT2D eigenvalue weighted by atomic mass is 35.5. The van der Waals surface area contributed by atoms with E-state index in [1.165, 1.54) is 0 Å². The second-order valence-corrected chi connectivity index (χ2v) is 9.93. The van der Waals surface area contributed by atoms with E-state index in [-0.39, 0.29) is 12.6 Å². The molecule has 1 aliphatic heterocycles. The van der Waals surface area contributed by atoms with E-state index in [1.807, 2.05) is 37.3 Å². The van der Waals surface area contributed by atoms with E-state index in [0.29, 0.717) is 30.0 Å². The van der Waals surface area contributed by atoms with Gasteiger partial charge in [-0.05, 0) is 54.7 Å². The molecule has 7 nitrogen and oxygen atoms in total. The maximum absolute atomic E-state index is 12.1. The van der Waals surface area contributed by atoms with Crippen molar-refractivity contribution in [3.8, 4) is 5.75 Å². The summed E-state index contributed by atoms with van der Waals surface area (Å²) in [7, 11) is 0. The average molecular weight is 535 g/mol. The monoisotopic (exact) mass is 534 g/mol. The Labute approximate surface area is 224 Å².